The molecular weight excluding hydrogens is 262 g/mol. The van der Waals surface area contributed by atoms with Gasteiger partial charge in [0.05, 0.1) is 5.75 Å². The molecule has 19 heavy (non-hydrogen) atoms. The molecule has 0 spiro atoms. The van der Waals surface area contributed by atoms with Gasteiger partial charge < -0.3 is 4.42 Å². The van der Waals surface area contributed by atoms with Crippen LogP contribution < -0.4 is 4.72 Å². The molecule has 1 fully saturated rings. The lowest BCUT2D eigenvalue weighted by Gasteiger charge is -2.07. The molecule has 0 amide bonds. The third-order valence-corrected chi connectivity index (χ3v) is 4.76. The smallest absolute Gasteiger partial charge is 0.232 e. The average molecular weight is 279 g/mol. The Kier molecular flexibility index (Phi) is 2.82. The second-order valence-electron chi connectivity index (χ2n) is 5.14. The second-order valence-corrected chi connectivity index (χ2v) is 7.15. The molecule has 2 aromatic rings. The summed E-state index contributed by atoms with van der Waals surface area (Å²) < 4.78 is 31.7. The number of hydrogen-bond donors (Lipinski definition) is 1. The van der Waals surface area contributed by atoms with Gasteiger partial charge in [0.2, 0.25) is 10.0 Å². The van der Waals surface area contributed by atoms with Crippen molar-refractivity contribution in [2.24, 2.45) is 0 Å². The monoisotopic (exact) mass is 279 g/mol. The summed E-state index contributed by atoms with van der Waals surface area (Å²) in [6.45, 7) is 3.56. The maximum atomic E-state index is 11.6. The van der Waals surface area contributed by atoms with Crippen LogP contribution in [0, 0.1) is 6.92 Å². The first-order valence-electron chi connectivity index (χ1n) is 6.53. The predicted molar refractivity (Wildman–Crippen MR) is 76.0 cm³/mol. The van der Waals surface area contributed by atoms with E-state index in [2.05, 4.69) is 4.72 Å². The molecule has 0 unspecified atom stereocenters. The summed E-state index contributed by atoms with van der Waals surface area (Å²) in [5, 5.41) is 0.968. The summed E-state index contributed by atoms with van der Waals surface area (Å²) in [6.07, 6.45) is 2.38. The molecule has 0 bridgehead atoms. The highest BCUT2D eigenvalue weighted by Crippen LogP contribution is 2.43. The summed E-state index contributed by atoms with van der Waals surface area (Å²) in [6, 6.07) is 5.68. The number of fused-ring (bicyclic) bond motifs is 1. The van der Waals surface area contributed by atoms with Crippen LogP contribution in [0.1, 0.15) is 37.0 Å². The van der Waals surface area contributed by atoms with Gasteiger partial charge in [0.1, 0.15) is 11.3 Å². The summed E-state index contributed by atoms with van der Waals surface area (Å²) in [5.74, 6) is 1.65. The molecule has 1 heterocycles. The quantitative estimate of drug-likeness (QED) is 0.933. The molecule has 0 radical (unpaired) electrons. The Morgan fingerprint density at radius 2 is 2.05 bits per heavy atom. The maximum Gasteiger partial charge on any atom is 0.232 e. The molecule has 1 N–H and O–H groups in total. The van der Waals surface area contributed by atoms with Gasteiger partial charge in [-0.15, -0.1) is 0 Å². The van der Waals surface area contributed by atoms with Crippen molar-refractivity contribution in [1.82, 2.24) is 0 Å². The van der Waals surface area contributed by atoms with Crippen molar-refractivity contribution in [2.75, 3.05) is 10.5 Å². The Morgan fingerprint density at radius 3 is 2.68 bits per heavy atom. The molecule has 3 rings (SSSR count). The normalized spacial score (nSPS) is 15.9. The highest BCUT2D eigenvalue weighted by atomic mass is 32.2. The fourth-order valence-corrected chi connectivity index (χ4v) is 2.85. The molecule has 1 aliphatic rings. The molecular formula is C14H17NO3S. The third-order valence-electron chi connectivity index (χ3n) is 3.45. The van der Waals surface area contributed by atoms with Gasteiger partial charge in [0, 0.05) is 17.0 Å². The number of nitrogens with one attached hydrogen (secondary N) is 1. The number of benzene rings is 1. The van der Waals surface area contributed by atoms with Gasteiger partial charge in [-0.25, -0.2) is 8.42 Å². The highest BCUT2D eigenvalue weighted by molar-refractivity contribution is 7.92. The van der Waals surface area contributed by atoms with Crippen LogP contribution >= 0.6 is 0 Å². The Labute approximate surface area is 112 Å². The zero-order valence-corrected chi connectivity index (χ0v) is 11.9. The molecule has 1 saturated carbocycles. The number of sulfonamides is 1. The van der Waals surface area contributed by atoms with Crippen LogP contribution in [0.25, 0.3) is 11.0 Å². The Balaban J connectivity index is 2.03. The maximum absolute atomic E-state index is 11.6. The van der Waals surface area contributed by atoms with Crippen molar-refractivity contribution in [3.8, 4) is 0 Å². The number of anilines is 1. The van der Waals surface area contributed by atoms with Crippen molar-refractivity contribution in [3.63, 3.8) is 0 Å². The van der Waals surface area contributed by atoms with Crippen molar-refractivity contribution in [3.05, 3.63) is 29.5 Å². The van der Waals surface area contributed by atoms with E-state index >= 15 is 0 Å². The lowest BCUT2D eigenvalue weighted by atomic mass is 10.1. The highest BCUT2D eigenvalue weighted by Gasteiger charge is 2.27. The fraction of sp³-hybridized carbons (Fsp3) is 0.429. The minimum atomic E-state index is -3.24. The van der Waals surface area contributed by atoms with E-state index in [1.54, 1.807) is 6.92 Å². The lowest BCUT2D eigenvalue weighted by Crippen LogP contribution is -2.14. The van der Waals surface area contributed by atoms with Gasteiger partial charge in [0.25, 0.3) is 0 Å². The molecule has 0 atom stereocenters. The predicted octanol–water partition coefficient (Wildman–Crippen LogP) is 3.38. The molecule has 0 aliphatic heterocycles. The topological polar surface area (TPSA) is 59.3 Å². The molecule has 1 aromatic heterocycles. The van der Waals surface area contributed by atoms with Crippen LogP contribution in [0.5, 0.6) is 0 Å². The van der Waals surface area contributed by atoms with Gasteiger partial charge in [-0.05, 0) is 50.5 Å². The Morgan fingerprint density at radius 1 is 1.32 bits per heavy atom. The molecule has 4 nitrogen and oxygen atoms in total. The van der Waals surface area contributed by atoms with E-state index in [9.17, 15) is 8.42 Å². The van der Waals surface area contributed by atoms with Crippen LogP contribution in [0.15, 0.2) is 22.6 Å². The first kappa shape index (κ1) is 12.5. The van der Waals surface area contributed by atoms with Crippen molar-refractivity contribution >= 4 is 26.7 Å². The zero-order chi connectivity index (χ0) is 13.6. The number of hydrogen-bond acceptors (Lipinski definition) is 3. The van der Waals surface area contributed by atoms with Crippen LogP contribution in [-0.2, 0) is 10.0 Å². The summed E-state index contributed by atoms with van der Waals surface area (Å²) in [5.41, 5.74) is 2.43. The van der Waals surface area contributed by atoms with E-state index in [0.29, 0.717) is 11.6 Å². The van der Waals surface area contributed by atoms with E-state index < -0.39 is 10.0 Å². The van der Waals surface area contributed by atoms with Gasteiger partial charge in [-0.2, -0.15) is 0 Å². The van der Waals surface area contributed by atoms with Gasteiger partial charge >= 0.3 is 0 Å². The largest absolute Gasteiger partial charge is 0.461 e. The van der Waals surface area contributed by atoms with Crippen LogP contribution in [-0.4, -0.2) is 14.2 Å². The van der Waals surface area contributed by atoms with E-state index in [0.717, 1.165) is 22.3 Å². The first-order chi connectivity index (χ1) is 8.98. The molecule has 102 valence electrons. The van der Waals surface area contributed by atoms with Crippen LogP contribution in [0.3, 0.4) is 0 Å². The SMILES string of the molecule is CCS(=O)(=O)Nc1cc(C)c2oc(C3CC3)cc2c1. The van der Waals surface area contributed by atoms with E-state index in [1.807, 2.05) is 25.1 Å². The minimum Gasteiger partial charge on any atom is -0.461 e. The lowest BCUT2D eigenvalue weighted by molar-refractivity contribution is 0.550. The summed E-state index contributed by atoms with van der Waals surface area (Å²) >= 11 is 0. The molecule has 5 heteroatoms. The van der Waals surface area contributed by atoms with Crippen molar-refractivity contribution in [2.45, 2.75) is 32.6 Å². The van der Waals surface area contributed by atoms with E-state index in [-0.39, 0.29) is 5.75 Å². The van der Waals surface area contributed by atoms with Gasteiger partial charge in [-0.1, -0.05) is 0 Å². The zero-order valence-electron chi connectivity index (χ0n) is 11.1. The fourth-order valence-electron chi connectivity index (χ4n) is 2.23. The summed E-state index contributed by atoms with van der Waals surface area (Å²) in [7, 11) is -3.24. The van der Waals surface area contributed by atoms with E-state index in [4.69, 9.17) is 4.42 Å². The van der Waals surface area contributed by atoms with Crippen molar-refractivity contribution < 1.29 is 12.8 Å². The Bertz CT molecular complexity index is 726. The Hall–Kier alpha value is -1.49. The van der Waals surface area contributed by atoms with Gasteiger partial charge in [-0.3, -0.25) is 4.72 Å². The third kappa shape index (κ3) is 2.47. The number of rotatable bonds is 4. The van der Waals surface area contributed by atoms with E-state index in [1.165, 1.54) is 12.8 Å². The molecule has 1 aromatic carbocycles. The first-order valence-corrected chi connectivity index (χ1v) is 8.18. The minimum absolute atomic E-state index is 0.0722. The summed E-state index contributed by atoms with van der Waals surface area (Å²) in [4.78, 5) is 0. The standard InChI is InChI=1S/C14H17NO3S/c1-3-19(16,17)15-12-6-9(2)14-11(7-12)8-13(18-14)10-4-5-10/h6-8,10,15H,3-5H2,1-2H3. The number of furan rings is 1. The average Bonchev–Trinajstić information content (AvgIpc) is 3.09. The van der Waals surface area contributed by atoms with Crippen LogP contribution in [0.4, 0.5) is 5.69 Å². The van der Waals surface area contributed by atoms with Gasteiger partial charge in [0.15, 0.2) is 0 Å². The molecule has 1 aliphatic carbocycles. The van der Waals surface area contributed by atoms with Crippen LogP contribution in [0.2, 0.25) is 0 Å². The number of aryl methyl sites for hydroxylation is 1. The molecule has 0 saturated heterocycles. The van der Waals surface area contributed by atoms with Crippen molar-refractivity contribution in [1.29, 1.82) is 0 Å². The second kappa shape index (κ2) is 4.27.